The Kier molecular flexibility index (Phi) is 23.6. The van der Waals surface area contributed by atoms with Gasteiger partial charge in [0.15, 0.2) is 24.8 Å². The molecule has 0 bridgehead atoms. The van der Waals surface area contributed by atoms with Gasteiger partial charge in [0, 0.05) is 83.8 Å². The number of hydrogen-bond acceptors (Lipinski definition) is 9. The van der Waals surface area contributed by atoms with Crippen molar-refractivity contribution >= 4 is 56.5 Å². The minimum Gasteiger partial charge on any atom is -0.497 e. The van der Waals surface area contributed by atoms with E-state index in [-0.39, 0.29) is 17.3 Å². The molecule has 0 saturated heterocycles. The van der Waals surface area contributed by atoms with E-state index < -0.39 is 17.7 Å². The Morgan fingerprint density at radius 2 is 1.25 bits per heavy atom. The number of halogens is 2. The molecule has 7 aromatic heterocycles. The number of carbonyl (C=O) groups is 2. The Labute approximate surface area is 569 Å². The Morgan fingerprint density at radius 3 is 1.85 bits per heavy atom. The number of pyridine rings is 5. The molecule has 16 heteroatoms. The van der Waals surface area contributed by atoms with E-state index >= 15 is 0 Å². The van der Waals surface area contributed by atoms with E-state index in [1.165, 1.54) is 82.4 Å². The van der Waals surface area contributed by atoms with E-state index in [9.17, 15) is 18.4 Å². The van der Waals surface area contributed by atoms with Crippen LogP contribution < -0.4 is 27.6 Å². The third kappa shape index (κ3) is 17.2. The van der Waals surface area contributed by atoms with E-state index in [4.69, 9.17) is 25.9 Å². The summed E-state index contributed by atoms with van der Waals surface area (Å²) in [4.78, 5) is 27.3. The van der Waals surface area contributed by atoms with Gasteiger partial charge in [-0.15, -0.1) is 45.2 Å². The predicted octanol–water partition coefficient (Wildman–Crippen LogP) is 15.9. The minimum absolute atomic E-state index is 0.229. The fraction of sp³-hybridized carbons (Fsp3) is 0.241. The average Bonchev–Trinajstić information content (AvgIpc) is 1.70. The zero-order chi connectivity index (χ0) is 69.0. The second kappa shape index (κ2) is 31.5. The van der Waals surface area contributed by atoms with Gasteiger partial charge in [-0.25, -0.2) is 23.1 Å². The van der Waals surface area contributed by atoms with Gasteiger partial charge in [0.2, 0.25) is 28.5 Å². The highest BCUT2D eigenvalue weighted by Crippen LogP contribution is 2.38. The van der Waals surface area contributed by atoms with E-state index in [1.54, 1.807) is 39.3 Å². The van der Waals surface area contributed by atoms with Crippen LogP contribution in [0.25, 0.3) is 65.7 Å². The van der Waals surface area contributed by atoms with Crippen LogP contribution in [0.2, 0.25) is 0 Å². The number of esters is 2. The summed E-state index contributed by atoms with van der Waals surface area (Å²) >= 11 is 4.93. The fourth-order valence-electron chi connectivity index (χ4n) is 11.1. The van der Waals surface area contributed by atoms with Crippen molar-refractivity contribution in [2.45, 2.75) is 85.5 Å². The number of nitriles is 1. The normalized spacial score (nSPS) is 11.2. The van der Waals surface area contributed by atoms with E-state index in [2.05, 4.69) is 185 Å². The van der Waals surface area contributed by atoms with Crippen LogP contribution in [0.5, 0.6) is 5.75 Å². The van der Waals surface area contributed by atoms with Crippen molar-refractivity contribution in [1.82, 2.24) is 0 Å². The maximum atomic E-state index is 13.6. The number of nitrogens with zero attached hydrogens (tertiary/aromatic N) is 6. The van der Waals surface area contributed by atoms with Crippen molar-refractivity contribution in [3.8, 4) is 79.8 Å². The molecule has 12 rings (SSSR count). The Morgan fingerprint density at radius 1 is 0.653 bits per heavy atom. The van der Waals surface area contributed by atoms with Gasteiger partial charge in [0.1, 0.15) is 74.8 Å². The zero-order valence-electron chi connectivity index (χ0n) is 56.9. The van der Waals surface area contributed by atoms with Crippen LogP contribution in [0.4, 0.5) is 8.78 Å². The molecule has 0 fully saturated rings. The number of thiophene rings is 2. The highest BCUT2D eigenvalue weighted by Gasteiger charge is 2.29. The molecule has 0 aliphatic carbocycles. The fourth-order valence-corrected chi connectivity index (χ4v) is 14.3. The van der Waals surface area contributed by atoms with Gasteiger partial charge in [-0.1, -0.05) is 44.9 Å². The van der Waals surface area contributed by atoms with Gasteiger partial charge in [0.25, 0.3) is 0 Å². The van der Waals surface area contributed by atoms with Crippen LogP contribution in [0.1, 0.15) is 97.1 Å². The summed E-state index contributed by atoms with van der Waals surface area (Å²) in [5.74, 6) is 1.56. The number of hydrogen-bond donors (Lipinski definition) is 0. The highest BCUT2D eigenvalue weighted by molar-refractivity contribution is 8.00. The quantitative estimate of drug-likeness (QED) is 0.0466. The lowest BCUT2D eigenvalue weighted by Gasteiger charge is -2.18. The van der Waals surface area contributed by atoms with Gasteiger partial charge < -0.3 is 14.2 Å². The lowest BCUT2D eigenvalue weighted by Crippen LogP contribution is -2.35. The van der Waals surface area contributed by atoms with Crippen molar-refractivity contribution in [3.05, 3.63) is 242 Å². The molecule has 0 N–H and O–H groups in total. The van der Waals surface area contributed by atoms with Gasteiger partial charge in [-0.05, 0) is 155 Å². The molecule has 0 amide bonds. The van der Waals surface area contributed by atoms with Crippen molar-refractivity contribution < 1.29 is 55.4 Å². The molecule has 95 heavy (non-hydrogen) atoms. The maximum Gasteiger partial charge on any atom is 0.362 e. The smallest absolute Gasteiger partial charge is 0.362 e. The molecule has 0 saturated carbocycles. The largest absolute Gasteiger partial charge is 0.497 e. The number of thioether (sulfide) groups is 1. The van der Waals surface area contributed by atoms with Crippen molar-refractivity contribution in [3.63, 3.8) is 0 Å². The van der Waals surface area contributed by atoms with E-state index in [0.29, 0.717) is 33.2 Å². The van der Waals surface area contributed by atoms with Crippen LogP contribution in [-0.2, 0) is 51.3 Å². The first-order chi connectivity index (χ1) is 45.2. The molecule has 0 atom stereocenters. The summed E-state index contributed by atoms with van der Waals surface area (Å²) < 4.78 is 53.4. The molecule has 1 aliphatic rings. The summed E-state index contributed by atoms with van der Waals surface area (Å²) in [6, 6.07) is 49.5. The monoisotopic (exact) mass is 1330 g/mol. The maximum absolute atomic E-state index is 13.6. The number of benzene rings is 4. The van der Waals surface area contributed by atoms with Crippen LogP contribution in [0.3, 0.4) is 0 Å². The predicted molar refractivity (Wildman–Crippen MR) is 377 cm³/mol. The van der Waals surface area contributed by atoms with Crippen LogP contribution in [-0.4, -0.2) is 30.4 Å². The van der Waals surface area contributed by atoms with Crippen LogP contribution in [0.15, 0.2) is 175 Å². The topological polar surface area (TPSA) is 105 Å². The Bertz CT molecular complexity index is 4760. The van der Waals surface area contributed by atoms with E-state index in [0.717, 1.165) is 62.2 Å². The minimum atomic E-state index is -0.675. The SMILES string of the molecule is C#Cc1ccc(-c2ccc(SC(C)(C)C)cc2C)[n+](C)c1.CCOC(=O)c1cc(C)c(-c2cc(F)cc(F)[n+]2C)s1.COc1ccc(-c2cccc[n+]2C)c(C)c1.Cc1c(-c2ccc(C#N)c[n+]2C)cc2c(c1C)COC2=O.Cc1sc2ccccc2c1-c1cccc[n+]1C. The lowest BCUT2D eigenvalue weighted by atomic mass is 9.92. The number of rotatable bonds is 9. The molecular formula is C79H81F2N6O5S3+5. The van der Waals surface area contributed by atoms with E-state index in [1.807, 2.05) is 92.1 Å². The van der Waals surface area contributed by atoms with Crippen molar-refractivity contribution in [1.29, 1.82) is 5.26 Å². The molecule has 8 heterocycles. The summed E-state index contributed by atoms with van der Waals surface area (Å²) in [7, 11) is 11.3. The Balaban J connectivity index is 0.000000153. The van der Waals surface area contributed by atoms with Gasteiger partial charge in [-0.2, -0.15) is 19.0 Å². The van der Waals surface area contributed by atoms with Crippen molar-refractivity contribution in [2.75, 3.05) is 13.7 Å². The number of aromatic nitrogens is 5. The average molecular weight is 1330 g/mol. The number of fused-ring (bicyclic) bond motifs is 2. The number of aryl methyl sites for hydroxylation is 8. The third-order valence-electron chi connectivity index (χ3n) is 16.0. The Hall–Kier alpha value is -9.71. The van der Waals surface area contributed by atoms with Crippen LogP contribution >= 0.6 is 34.4 Å². The molecule has 1 aliphatic heterocycles. The number of ether oxygens (including phenoxy) is 3. The first kappa shape index (κ1) is 71.1. The molecule has 484 valence electrons. The first-order valence-corrected chi connectivity index (χ1v) is 33.3. The summed E-state index contributed by atoms with van der Waals surface area (Å²) in [5, 5.41) is 10.3. The molecule has 0 radical (unpaired) electrons. The molecular weight excluding hydrogens is 1250 g/mol. The number of terminal acetylenes is 1. The zero-order valence-corrected chi connectivity index (χ0v) is 59.3. The molecule has 11 nitrogen and oxygen atoms in total. The number of cyclic esters (lactones) is 1. The molecule has 0 spiro atoms. The number of carbonyl (C=O) groups excluding carboxylic acids is 2. The summed E-state index contributed by atoms with van der Waals surface area (Å²) in [6.45, 7) is 21.4. The molecule has 0 unspecified atom stereocenters. The standard InChI is InChI=1S/C19H22NS.C17H15N2O2.C15H14NS.C14H14F2NO2S.C14H16NO/c1-7-15-8-11-18(20(6)13-15)17-10-9-16(12-14(17)2)21-19(3,4)5;1-10-11(2)15-9-21-17(20)14(15)6-13(10)16-5-4-12(7-18)8-19(16)3;1-11-15(13-8-5-6-10-16(13)2)12-7-3-4-9-14(12)17-11;1-4-19-14(18)11-5-8(2)13(20-11)10-6-9(15)7-12(16)17(10)3;1-11-10-12(16-3)7-8-13(11)14-6-4-5-9-15(14)2/h1,8-13H,2-6H3;4-6,8H,9H2,1-3H3;3-10H,1-2H3;5-7H,4H2,1-3H3;4-10H,1-3H3/q5*+1. The van der Waals surface area contributed by atoms with Crippen LogP contribution in [0, 0.1) is 77.0 Å². The molecule has 11 aromatic rings. The number of methoxy groups -OCH3 is 1. The van der Waals surface area contributed by atoms with Gasteiger partial charge in [-0.3, -0.25) is 0 Å². The van der Waals surface area contributed by atoms with Gasteiger partial charge in [0.05, 0.1) is 42.0 Å². The summed E-state index contributed by atoms with van der Waals surface area (Å²) in [5.41, 5.74) is 18.5. The first-order valence-electron chi connectivity index (χ1n) is 30.9. The highest BCUT2D eigenvalue weighted by atomic mass is 32.2. The van der Waals surface area contributed by atoms with Gasteiger partial charge >= 0.3 is 17.9 Å². The second-order valence-electron chi connectivity index (χ2n) is 23.9. The second-order valence-corrected chi connectivity index (χ2v) is 28.1. The lowest BCUT2D eigenvalue weighted by molar-refractivity contribution is -0.689. The summed E-state index contributed by atoms with van der Waals surface area (Å²) in [6.07, 6.45) is 13.4. The van der Waals surface area contributed by atoms with Crippen molar-refractivity contribution in [2.24, 2.45) is 35.2 Å². The third-order valence-corrected chi connectivity index (χ3v) is 19.5. The molecule has 4 aromatic carbocycles.